The molecule has 1 heterocycles. The first-order chi connectivity index (χ1) is 10.5. The van der Waals surface area contributed by atoms with Gasteiger partial charge >= 0.3 is 23.1 Å². The molecule has 0 amide bonds. The molecule has 1 aromatic carbocycles. The minimum Gasteiger partial charge on any atom is -0.501 e. The summed E-state index contributed by atoms with van der Waals surface area (Å²) in [4.78, 5) is 32.2. The van der Waals surface area contributed by atoms with Crippen LogP contribution in [0.1, 0.15) is 5.56 Å². The van der Waals surface area contributed by atoms with E-state index < -0.39 is 60.2 Å². The van der Waals surface area contributed by atoms with Gasteiger partial charge in [-0.15, -0.1) is 0 Å². The quantitative estimate of drug-likeness (QED) is 0.628. The van der Waals surface area contributed by atoms with Crippen molar-refractivity contribution in [3.8, 4) is 5.75 Å². The molecule has 0 spiro atoms. The number of nitrogens with one attached hydrogen (secondary N) is 1. The van der Waals surface area contributed by atoms with Crippen LogP contribution in [0, 0.1) is 20.2 Å². The van der Waals surface area contributed by atoms with E-state index in [2.05, 4.69) is 0 Å². The molecule has 0 radical (unpaired) electrons. The number of aromatic hydroxyl groups is 1. The first-order valence-electron chi connectivity index (χ1n) is 5.44. The van der Waals surface area contributed by atoms with Crippen LogP contribution in [0.3, 0.4) is 0 Å². The maximum Gasteiger partial charge on any atom is 0.418 e. The number of aromatic amines is 1. The van der Waals surface area contributed by atoms with Gasteiger partial charge in [0.2, 0.25) is 5.75 Å². The largest absolute Gasteiger partial charge is 0.501 e. The molecule has 0 unspecified atom stereocenters. The number of halogens is 4. The Morgan fingerprint density at radius 2 is 1.70 bits per heavy atom. The zero-order chi connectivity index (χ0) is 17.7. The number of nitro benzene ring substituents is 1. The number of pyridine rings is 1. The average molecular weight is 354 g/mol. The van der Waals surface area contributed by atoms with Crippen LogP contribution in [0.2, 0.25) is 5.02 Å². The van der Waals surface area contributed by atoms with E-state index >= 15 is 0 Å². The third kappa shape index (κ3) is 2.52. The molecule has 0 fully saturated rings. The third-order valence-electron chi connectivity index (χ3n) is 2.83. The molecular weight excluding hydrogens is 351 g/mol. The van der Waals surface area contributed by atoms with E-state index in [4.69, 9.17) is 11.6 Å². The number of hydrogen-bond acceptors (Lipinski definition) is 6. The second kappa shape index (κ2) is 5.08. The first kappa shape index (κ1) is 16.5. The third-order valence-corrected chi connectivity index (χ3v) is 3.22. The summed E-state index contributed by atoms with van der Waals surface area (Å²) in [7, 11) is 0. The van der Waals surface area contributed by atoms with E-state index in [9.17, 15) is 43.3 Å². The van der Waals surface area contributed by atoms with Gasteiger partial charge in [-0.3, -0.25) is 25.0 Å². The van der Waals surface area contributed by atoms with Crippen LogP contribution < -0.4 is 5.56 Å². The van der Waals surface area contributed by atoms with Crippen molar-refractivity contribution < 1.29 is 28.1 Å². The summed E-state index contributed by atoms with van der Waals surface area (Å²) < 4.78 is 38.6. The Morgan fingerprint density at radius 3 is 2.13 bits per heavy atom. The lowest BCUT2D eigenvalue weighted by atomic mass is 10.1. The van der Waals surface area contributed by atoms with Crippen molar-refractivity contribution in [2.45, 2.75) is 6.18 Å². The number of fused-ring (bicyclic) bond motifs is 1. The van der Waals surface area contributed by atoms with Gasteiger partial charge in [0.1, 0.15) is 10.4 Å². The van der Waals surface area contributed by atoms with Crippen LogP contribution in [-0.2, 0) is 6.18 Å². The normalized spacial score (nSPS) is 11.7. The predicted molar refractivity (Wildman–Crippen MR) is 69.6 cm³/mol. The molecular formula is C10H3ClF3N3O6. The van der Waals surface area contributed by atoms with E-state index in [-0.39, 0.29) is 6.07 Å². The summed E-state index contributed by atoms with van der Waals surface area (Å²) >= 11 is 5.38. The van der Waals surface area contributed by atoms with Crippen LogP contribution in [-0.4, -0.2) is 19.9 Å². The SMILES string of the molecule is O=c1[nH]c2cc(C(F)(F)F)c(Cl)c([N+](=O)[O-])c2c(O)c1[N+](=O)[O-]. The number of alkyl halides is 3. The smallest absolute Gasteiger partial charge is 0.418 e. The van der Waals surface area contributed by atoms with Gasteiger partial charge in [0.15, 0.2) is 0 Å². The van der Waals surface area contributed by atoms with Gasteiger partial charge in [0, 0.05) is 0 Å². The second-order valence-electron chi connectivity index (χ2n) is 4.17. The van der Waals surface area contributed by atoms with Crippen molar-refractivity contribution in [1.82, 2.24) is 4.98 Å². The summed E-state index contributed by atoms with van der Waals surface area (Å²) in [5.41, 5.74) is -6.83. The Kier molecular flexibility index (Phi) is 3.64. The fourth-order valence-corrected chi connectivity index (χ4v) is 2.26. The molecule has 0 bridgehead atoms. The molecule has 0 saturated heterocycles. The Balaban J connectivity index is 3.14. The van der Waals surface area contributed by atoms with Gasteiger partial charge < -0.3 is 10.1 Å². The van der Waals surface area contributed by atoms with E-state index in [1.54, 1.807) is 4.98 Å². The van der Waals surface area contributed by atoms with Gasteiger partial charge in [-0.05, 0) is 6.07 Å². The topological polar surface area (TPSA) is 139 Å². The lowest BCUT2D eigenvalue weighted by Crippen LogP contribution is -2.14. The standard InChI is InChI=1S/C10H3ClF3N3O6/c11-5-2(10(12,13)14)1-3-4(6(5)16(20)21)8(18)7(17(22)23)9(19)15-3/h1H,(H2,15,18,19). The average Bonchev–Trinajstić information content (AvgIpc) is 2.36. The van der Waals surface area contributed by atoms with Crippen molar-refractivity contribution in [2.75, 3.05) is 0 Å². The maximum atomic E-state index is 12.9. The molecule has 1 aromatic heterocycles. The first-order valence-corrected chi connectivity index (χ1v) is 5.82. The summed E-state index contributed by atoms with van der Waals surface area (Å²) in [5, 5.41) is 29.1. The molecule has 0 saturated carbocycles. The molecule has 13 heteroatoms. The number of aromatic nitrogens is 1. The lowest BCUT2D eigenvalue weighted by Gasteiger charge is -2.11. The Labute approximate surface area is 127 Å². The number of nitrogens with zero attached hydrogens (tertiary/aromatic N) is 2. The Hall–Kier alpha value is -2.89. The number of hydrogen-bond donors (Lipinski definition) is 2. The fraction of sp³-hybridized carbons (Fsp3) is 0.100. The highest BCUT2D eigenvalue weighted by Crippen LogP contribution is 2.46. The second-order valence-corrected chi connectivity index (χ2v) is 4.55. The molecule has 9 nitrogen and oxygen atoms in total. The minimum absolute atomic E-state index is 0.246. The van der Waals surface area contributed by atoms with Crippen LogP contribution >= 0.6 is 11.6 Å². The summed E-state index contributed by atoms with van der Waals surface area (Å²) in [6.07, 6.45) is -5.09. The molecule has 0 aliphatic carbocycles. The van der Waals surface area contributed by atoms with Gasteiger partial charge in [-0.1, -0.05) is 11.6 Å². The molecule has 2 N–H and O–H groups in total. The number of rotatable bonds is 2. The highest BCUT2D eigenvalue weighted by Gasteiger charge is 2.40. The summed E-state index contributed by atoms with van der Waals surface area (Å²) in [6, 6.07) is 0.246. The molecule has 2 aromatic rings. The highest BCUT2D eigenvalue weighted by atomic mass is 35.5. The lowest BCUT2D eigenvalue weighted by molar-refractivity contribution is -0.388. The summed E-state index contributed by atoms with van der Waals surface area (Å²) in [6.45, 7) is 0. The summed E-state index contributed by atoms with van der Waals surface area (Å²) in [5.74, 6) is -1.45. The van der Waals surface area contributed by atoms with Crippen molar-refractivity contribution in [2.24, 2.45) is 0 Å². The minimum atomic E-state index is -5.09. The van der Waals surface area contributed by atoms with E-state index in [0.717, 1.165) is 0 Å². The van der Waals surface area contributed by atoms with Crippen molar-refractivity contribution >= 4 is 33.9 Å². The zero-order valence-electron chi connectivity index (χ0n) is 10.5. The van der Waals surface area contributed by atoms with E-state index in [1.165, 1.54) is 0 Å². The monoisotopic (exact) mass is 353 g/mol. The van der Waals surface area contributed by atoms with Crippen LogP contribution in [0.4, 0.5) is 24.5 Å². The highest BCUT2D eigenvalue weighted by molar-refractivity contribution is 6.35. The van der Waals surface area contributed by atoms with Crippen LogP contribution in [0.5, 0.6) is 5.75 Å². The molecule has 0 atom stereocenters. The van der Waals surface area contributed by atoms with Crippen molar-refractivity contribution in [3.63, 3.8) is 0 Å². The molecule has 122 valence electrons. The number of H-pyrrole nitrogens is 1. The number of benzene rings is 1. The van der Waals surface area contributed by atoms with Crippen LogP contribution in [0.15, 0.2) is 10.9 Å². The number of nitro groups is 2. The predicted octanol–water partition coefficient (Wildman–Crippen LogP) is 2.72. The molecule has 0 aliphatic rings. The zero-order valence-corrected chi connectivity index (χ0v) is 11.2. The van der Waals surface area contributed by atoms with Crippen molar-refractivity contribution in [1.29, 1.82) is 0 Å². The van der Waals surface area contributed by atoms with Gasteiger partial charge in [0.25, 0.3) is 0 Å². The molecule has 2 rings (SSSR count). The van der Waals surface area contributed by atoms with Gasteiger partial charge in [-0.2, -0.15) is 13.2 Å². The van der Waals surface area contributed by atoms with Gasteiger partial charge in [-0.25, -0.2) is 0 Å². The van der Waals surface area contributed by atoms with Crippen LogP contribution in [0.25, 0.3) is 10.9 Å². The Morgan fingerprint density at radius 1 is 1.17 bits per heavy atom. The van der Waals surface area contributed by atoms with E-state index in [0.29, 0.717) is 0 Å². The van der Waals surface area contributed by atoms with Gasteiger partial charge in [0.05, 0.1) is 20.9 Å². The fourth-order valence-electron chi connectivity index (χ4n) is 1.94. The molecule has 23 heavy (non-hydrogen) atoms. The molecule has 0 aliphatic heterocycles. The maximum absolute atomic E-state index is 12.9. The van der Waals surface area contributed by atoms with E-state index in [1.807, 2.05) is 0 Å². The Bertz CT molecular complexity index is 923. The van der Waals surface area contributed by atoms with Crippen molar-refractivity contribution in [3.05, 3.63) is 47.2 Å².